The zero-order chi connectivity index (χ0) is 14.8. The minimum Gasteiger partial charge on any atom is -0.381 e. The number of ether oxygens (including phenoxy) is 1. The number of unbranched alkanes of at least 4 members (excludes halogenated alkanes) is 1. The first-order valence-electron chi connectivity index (χ1n) is 7.29. The molecule has 1 atom stereocenters. The first-order chi connectivity index (χ1) is 9.59. The zero-order valence-electron chi connectivity index (χ0n) is 12.5. The van der Waals surface area contributed by atoms with Gasteiger partial charge in [-0.1, -0.05) is 43.7 Å². The number of hydrogen-bond donors (Lipinski definition) is 2. The molecule has 1 unspecified atom stereocenters. The van der Waals surface area contributed by atoms with Gasteiger partial charge in [-0.15, -0.1) is 0 Å². The third-order valence-electron chi connectivity index (χ3n) is 3.24. The van der Waals surface area contributed by atoms with Gasteiger partial charge in [-0.2, -0.15) is 0 Å². The molecule has 3 N–H and O–H groups in total. The van der Waals surface area contributed by atoms with Crippen molar-refractivity contribution in [3.63, 3.8) is 0 Å². The summed E-state index contributed by atoms with van der Waals surface area (Å²) in [6, 6.07) is 9.41. The van der Waals surface area contributed by atoms with E-state index in [1.807, 2.05) is 30.3 Å². The van der Waals surface area contributed by atoms with E-state index < -0.39 is 5.54 Å². The lowest BCUT2D eigenvalue weighted by Gasteiger charge is -2.24. The molecule has 0 spiro atoms. The zero-order valence-corrected chi connectivity index (χ0v) is 12.5. The molecule has 0 heterocycles. The highest BCUT2D eigenvalue weighted by atomic mass is 16.5. The molecule has 0 bridgehead atoms. The summed E-state index contributed by atoms with van der Waals surface area (Å²) in [5.41, 5.74) is 5.94. The molecule has 0 aliphatic carbocycles. The van der Waals surface area contributed by atoms with Gasteiger partial charge in [0, 0.05) is 19.8 Å². The molecule has 1 rings (SSSR count). The van der Waals surface area contributed by atoms with Crippen molar-refractivity contribution in [1.29, 1.82) is 0 Å². The molecule has 112 valence electrons. The largest absolute Gasteiger partial charge is 0.381 e. The van der Waals surface area contributed by atoms with Crippen LogP contribution in [0.2, 0.25) is 0 Å². The third-order valence-corrected chi connectivity index (χ3v) is 3.24. The van der Waals surface area contributed by atoms with Gasteiger partial charge in [0.2, 0.25) is 5.91 Å². The minimum absolute atomic E-state index is 0.155. The number of nitrogens with two attached hydrogens (primary N) is 1. The number of hydrogen-bond acceptors (Lipinski definition) is 3. The lowest BCUT2D eigenvalue weighted by Crippen LogP contribution is -2.49. The topological polar surface area (TPSA) is 64.3 Å². The predicted octanol–water partition coefficient (Wildman–Crippen LogP) is 2.18. The quantitative estimate of drug-likeness (QED) is 0.681. The summed E-state index contributed by atoms with van der Waals surface area (Å²) in [6.45, 7) is 5.92. The Kier molecular flexibility index (Phi) is 7.26. The van der Waals surface area contributed by atoms with Gasteiger partial charge < -0.3 is 15.8 Å². The van der Waals surface area contributed by atoms with Crippen molar-refractivity contribution < 1.29 is 9.53 Å². The van der Waals surface area contributed by atoms with Crippen molar-refractivity contribution in [3.05, 3.63) is 35.9 Å². The summed E-state index contributed by atoms with van der Waals surface area (Å²) in [5.74, 6) is -0.155. The average molecular weight is 278 g/mol. The summed E-state index contributed by atoms with van der Waals surface area (Å²) < 4.78 is 5.44. The van der Waals surface area contributed by atoms with Crippen LogP contribution in [0.5, 0.6) is 0 Å². The fourth-order valence-corrected chi connectivity index (χ4v) is 1.82. The van der Waals surface area contributed by atoms with E-state index in [-0.39, 0.29) is 5.91 Å². The van der Waals surface area contributed by atoms with E-state index in [4.69, 9.17) is 10.5 Å². The maximum absolute atomic E-state index is 12.1. The standard InChI is InChI=1S/C16H26N2O2/c1-3-4-12-20-13-8-11-18-15(19)16(2,17)14-9-6-5-7-10-14/h5-7,9-10H,3-4,8,11-13,17H2,1-2H3,(H,18,19). The Morgan fingerprint density at radius 3 is 2.55 bits per heavy atom. The van der Waals surface area contributed by atoms with E-state index >= 15 is 0 Å². The first-order valence-corrected chi connectivity index (χ1v) is 7.29. The summed E-state index contributed by atoms with van der Waals surface area (Å²) in [4.78, 5) is 12.1. The Bertz CT molecular complexity index is 391. The van der Waals surface area contributed by atoms with E-state index in [1.165, 1.54) is 0 Å². The summed E-state index contributed by atoms with van der Waals surface area (Å²) in [7, 11) is 0. The van der Waals surface area contributed by atoms with Gasteiger partial charge in [0.05, 0.1) is 0 Å². The molecule has 0 radical (unpaired) electrons. The van der Waals surface area contributed by atoms with Crippen LogP contribution < -0.4 is 11.1 Å². The molecule has 1 amide bonds. The van der Waals surface area contributed by atoms with Crippen LogP contribution in [-0.2, 0) is 15.1 Å². The lowest BCUT2D eigenvalue weighted by molar-refractivity contribution is -0.126. The van der Waals surface area contributed by atoms with Gasteiger partial charge in [0.15, 0.2) is 0 Å². The SMILES string of the molecule is CCCCOCCCNC(=O)C(C)(N)c1ccccc1. The van der Waals surface area contributed by atoms with Crippen LogP contribution in [0, 0.1) is 0 Å². The molecule has 4 heteroatoms. The average Bonchev–Trinajstić information content (AvgIpc) is 2.47. The van der Waals surface area contributed by atoms with Gasteiger partial charge in [-0.25, -0.2) is 0 Å². The number of benzene rings is 1. The number of rotatable bonds is 9. The van der Waals surface area contributed by atoms with Crippen molar-refractivity contribution in [3.8, 4) is 0 Å². The number of carbonyl (C=O) groups excluding carboxylic acids is 1. The fourth-order valence-electron chi connectivity index (χ4n) is 1.82. The van der Waals surface area contributed by atoms with Crippen molar-refractivity contribution >= 4 is 5.91 Å². The van der Waals surface area contributed by atoms with Crippen molar-refractivity contribution in [2.24, 2.45) is 5.73 Å². The molecule has 0 aliphatic heterocycles. The Morgan fingerprint density at radius 1 is 1.25 bits per heavy atom. The molecule has 0 aromatic heterocycles. The molecular weight excluding hydrogens is 252 g/mol. The van der Waals surface area contributed by atoms with Crippen LogP contribution in [0.1, 0.15) is 38.7 Å². The van der Waals surface area contributed by atoms with Gasteiger partial charge in [0.25, 0.3) is 0 Å². The van der Waals surface area contributed by atoms with E-state index in [1.54, 1.807) is 6.92 Å². The Morgan fingerprint density at radius 2 is 1.90 bits per heavy atom. The highest BCUT2D eigenvalue weighted by Crippen LogP contribution is 2.17. The number of amides is 1. The van der Waals surface area contributed by atoms with Crippen LogP contribution in [0.3, 0.4) is 0 Å². The van der Waals surface area contributed by atoms with Crippen LogP contribution in [-0.4, -0.2) is 25.7 Å². The van der Waals surface area contributed by atoms with Crippen molar-refractivity contribution in [2.45, 2.75) is 38.6 Å². The van der Waals surface area contributed by atoms with Crippen LogP contribution in [0.15, 0.2) is 30.3 Å². The predicted molar refractivity (Wildman–Crippen MR) is 81.3 cm³/mol. The molecular formula is C16H26N2O2. The second-order valence-corrected chi connectivity index (χ2v) is 5.14. The maximum atomic E-state index is 12.1. The van der Waals surface area contributed by atoms with Crippen molar-refractivity contribution in [2.75, 3.05) is 19.8 Å². The highest BCUT2D eigenvalue weighted by Gasteiger charge is 2.29. The van der Waals surface area contributed by atoms with Crippen LogP contribution >= 0.6 is 0 Å². The summed E-state index contributed by atoms with van der Waals surface area (Å²) >= 11 is 0. The van der Waals surface area contributed by atoms with E-state index in [9.17, 15) is 4.79 Å². The molecule has 0 fully saturated rings. The molecule has 20 heavy (non-hydrogen) atoms. The molecule has 1 aromatic carbocycles. The molecule has 0 saturated carbocycles. The fraction of sp³-hybridized carbons (Fsp3) is 0.562. The smallest absolute Gasteiger partial charge is 0.244 e. The summed E-state index contributed by atoms with van der Waals surface area (Å²) in [6.07, 6.45) is 3.03. The van der Waals surface area contributed by atoms with Crippen LogP contribution in [0.25, 0.3) is 0 Å². The van der Waals surface area contributed by atoms with Gasteiger partial charge >= 0.3 is 0 Å². The molecule has 1 aromatic rings. The second kappa shape index (κ2) is 8.72. The van der Waals surface area contributed by atoms with Crippen LogP contribution in [0.4, 0.5) is 0 Å². The van der Waals surface area contributed by atoms with Crippen molar-refractivity contribution in [1.82, 2.24) is 5.32 Å². The Hall–Kier alpha value is -1.39. The van der Waals surface area contributed by atoms with Gasteiger partial charge in [-0.3, -0.25) is 4.79 Å². The first kappa shape index (κ1) is 16.7. The van der Waals surface area contributed by atoms with E-state index in [0.29, 0.717) is 13.2 Å². The summed E-state index contributed by atoms with van der Waals surface area (Å²) in [5, 5.41) is 2.87. The molecule has 0 saturated heterocycles. The maximum Gasteiger partial charge on any atom is 0.244 e. The monoisotopic (exact) mass is 278 g/mol. The van der Waals surface area contributed by atoms with Gasteiger partial charge in [-0.05, 0) is 25.3 Å². The number of carbonyl (C=O) groups is 1. The molecule has 0 aliphatic rings. The van der Waals surface area contributed by atoms with Gasteiger partial charge in [0.1, 0.15) is 5.54 Å². The highest BCUT2D eigenvalue weighted by molar-refractivity contribution is 5.86. The lowest BCUT2D eigenvalue weighted by atomic mass is 9.92. The second-order valence-electron chi connectivity index (χ2n) is 5.14. The molecule has 4 nitrogen and oxygen atoms in total. The Balaban J connectivity index is 2.28. The normalized spacial score (nSPS) is 13.8. The minimum atomic E-state index is -0.996. The van der Waals surface area contributed by atoms with E-state index in [2.05, 4.69) is 12.2 Å². The Labute approximate surface area is 121 Å². The van der Waals surface area contributed by atoms with E-state index in [0.717, 1.165) is 31.4 Å². The third kappa shape index (κ3) is 5.31. The number of nitrogens with one attached hydrogen (secondary N) is 1.